The van der Waals surface area contributed by atoms with Crippen molar-refractivity contribution in [3.8, 4) is 11.3 Å². The number of rotatable bonds is 4. The third-order valence-corrected chi connectivity index (χ3v) is 2.33. The summed E-state index contributed by atoms with van der Waals surface area (Å²) in [7, 11) is 0. The summed E-state index contributed by atoms with van der Waals surface area (Å²) >= 11 is 0. The number of hydrogen-bond acceptors (Lipinski definition) is 3. The Morgan fingerprint density at radius 3 is 2.65 bits per heavy atom. The lowest BCUT2D eigenvalue weighted by atomic mass is 10.1. The summed E-state index contributed by atoms with van der Waals surface area (Å²) in [5.74, 6) is -0.0841. The molecule has 4 nitrogen and oxygen atoms in total. The first-order valence-corrected chi connectivity index (χ1v) is 5.34. The highest BCUT2D eigenvalue weighted by molar-refractivity contribution is 5.97. The van der Waals surface area contributed by atoms with Gasteiger partial charge in [-0.1, -0.05) is 36.4 Å². The molecule has 0 saturated carbocycles. The number of carbonyl (C=O) groups excluding carboxylic acids is 1. The third kappa shape index (κ3) is 2.30. The molecule has 86 valence electrons. The van der Waals surface area contributed by atoms with Gasteiger partial charge in [0.2, 0.25) is 0 Å². The molecule has 0 aliphatic rings. The van der Waals surface area contributed by atoms with Crippen molar-refractivity contribution in [2.75, 3.05) is 0 Å². The quantitative estimate of drug-likeness (QED) is 0.595. The fourth-order valence-electron chi connectivity index (χ4n) is 1.57. The Kier molecular flexibility index (Phi) is 3.14. The van der Waals surface area contributed by atoms with Crippen molar-refractivity contribution < 1.29 is 4.79 Å². The van der Waals surface area contributed by atoms with E-state index in [0.29, 0.717) is 17.9 Å². The van der Waals surface area contributed by atoms with Crippen LogP contribution in [0.1, 0.15) is 17.4 Å². The Hall–Kier alpha value is -2.23. The van der Waals surface area contributed by atoms with Gasteiger partial charge < -0.3 is 0 Å². The molecule has 17 heavy (non-hydrogen) atoms. The monoisotopic (exact) mass is 227 g/mol. The average molecular weight is 227 g/mol. The van der Waals surface area contributed by atoms with Crippen LogP contribution in [-0.2, 0) is 6.54 Å². The number of aromatic nitrogens is 3. The molecule has 4 heteroatoms. The van der Waals surface area contributed by atoms with E-state index in [2.05, 4.69) is 16.8 Å². The maximum atomic E-state index is 11.5. The van der Waals surface area contributed by atoms with Gasteiger partial charge in [-0.3, -0.25) is 4.79 Å². The number of carbonyl (C=O) groups is 1. The molecule has 0 N–H and O–H groups in total. The molecule has 1 aromatic heterocycles. The molecule has 0 aliphatic heterocycles. The van der Waals surface area contributed by atoms with Gasteiger partial charge in [-0.05, 0) is 0 Å². The molecule has 0 spiro atoms. The molecule has 0 atom stereocenters. The number of nitrogens with zero attached hydrogens (tertiary/aromatic N) is 3. The average Bonchev–Trinajstić information content (AvgIpc) is 2.75. The summed E-state index contributed by atoms with van der Waals surface area (Å²) < 4.78 is 0. The van der Waals surface area contributed by atoms with Crippen molar-refractivity contribution in [2.45, 2.75) is 13.5 Å². The number of benzene rings is 1. The van der Waals surface area contributed by atoms with Gasteiger partial charge in [-0.15, -0.1) is 11.7 Å². The highest BCUT2D eigenvalue weighted by atomic mass is 16.1. The van der Waals surface area contributed by atoms with Gasteiger partial charge in [-0.25, -0.2) is 0 Å². The Labute approximate surface area is 99.6 Å². The molecule has 0 fully saturated rings. The normalized spacial score (nSPS) is 10.2. The van der Waals surface area contributed by atoms with Gasteiger partial charge in [0, 0.05) is 12.5 Å². The second-order valence-corrected chi connectivity index (χ2v) is 3.66. The standard InChI is InChI=1S/C13H13N3O/c1-3-9-16-14-12(10(2)17)13(15-16)11-7-5-4-6-8-11/h3-8H,1,9H2,2H3. The fraction of sp³-hybridized carbons (Fsp3) is 0.154. The molecule has 0 bridgehead atoms. The SMILES string of the molecule is C=CCn1nc(C(C)=O)c(-c2ccccc2)n1. The van der Waals surface area contributed by atoms with E-state index in [1.165, 1.54) is 11.7 Å². The van der Waals surface area contributed by atoms with Crippen molar-refractivity contribution in [1.29, 1.82) is 0 Å². The first-order chi connectivity index (χ1) is 8.22. The largest absolute Gasteiger partial charge is 0.293 e. The van der Waals surface area contributed by atoms with E-state index in [4.69, 9.17) is 0 Å². The highest BCUT2D eigenvalue weighted by Gasteiger charge is 2.15. The molecule has 0 saturated heterocycles. The first kappa shape index (κ1) is 11.3. The van der Waals surface area contributed by atoms with Crippen LogP contribution >= 0.6 is 0 Å². The van der Waals surface area contributed by atoms with Crippen molar-refractivity contribution in [3.05, 3.63) is 48.7 Å². The summed E-state index contributed by atoms with van der Waals surface area (Å²) in [5.41, 5.74) is 1.92. The van der Waals surface area contributed by atoms with E-state index in [1.54, 1.807) is 6.08 Å². The molecule has 1 heterocycles. The zero-order valence-electron chi connectivity index (χ0n) is 9.63. The van der Waals surface area contributed by atoms with Crippen LogP contribution in [-0.4, -0.2) is 20.8 Å². The lowest BCUT2D eigenvalue weighted by Crippen LogP contribution is -2.01. The van der Waals surface area contributed by atoms with E-state index in [9.17, 15) is 4.79 Å². The topological polar surface area (TPSA) is 47.8 Å². The van der Waals surface area contributed by atoms with Crippen LogP contribution in [0.2, 0.25) is 0 Å². The van der Waals surface area contributed by atoms with Crippen LogP contribution in [0.4, 0.5) is 0 Å². The van der Waals surface area contributed by atoms with E-state index in [0.717, 1.165) is 5.56 Å². The zero-order chi connectivity index (χ0) is 12.3. The van der Waals surface area contributed by atoms with Gasteiger partial charge in [-0.2, -0.15) is 9.90 Å². The van der Waals surface area contributed by atoms with E-state index < -0.39 is 0 Å². The summed E-state index contributed by atoms with van der Waals surface area (Å²) in [6.45, 7) is 5.61. The number of Topliss-reactive ketones (excluding diaryl/α,β-unsaturated/α-hetero) is 1. The molecule has 0 unspecified atom stereocenters. The molecule has 2 rings (SSSR count). The third-order valence-electron chi connectivity index (χ3n) is 2.33. The summed E-state index contributed by atoms with van der Waals surface area (Å²) in [5, 5.41) is 8.47. The molecule has 2 aromatic rings. The number of ketones is 1. The van der Waals surface area contributed by atoms with Crippen LogP contribution in [0.25, 0.3) is 11.3 Å². The molecular weight excluding hydrogens is 214 g/mol. The van der Waals surface area contributed by atoms with Crippen LogP contribution < -0.4 is 0 Å². The first-order valence-electron chi connectivity index (χ1n) is 5.34. The van der Waals surface area contributed by atoms with Gasteiger partial charge in [0.15, 0.2) is 11.5 Å². The van der Waals surface area contributed by atoms with Crippen molar-refractivity contribution in [2.24, 2.45) is 0 Å². The van der Waals surface area contributed by atoms with Crippen molar-refractivity contribution in [3.63, 3.8) is 0 Å². The Balaban J connectivity index is 2.52. The Bertz CT molecular complexity index is 543. The van der Waals surface area contributed by atoms with Crippen LogP contribution in [0.5, 0.6) is 0 Å². The number of hydrogen-bond donors (Lipinski definition) is 0. The minimum Gasteiger partial charge on any atom is -0.293 e. The van der Waals surface area contributed by atoms with Gasteiger partial charge in [0.05, 0.1) is 6.54 Å². The lowest BCUT2D eigenvalue weighted by molar-refractivity contribution is 0.101. The van der Waals surface area contributed by atoms with E-state index in [1.807, 2.05) is 30.3 Å². The van der Waals surface area contributed by atoms with Crippen LogP contribution in [0.3, 0.4) is 0 Å². The highest BCUT2D eigenvalue weighted by Crippen LogP contribution is 2.20. The van der Waals surface area contributed by atoms with Gasteiger partial charge in [0.25, 0.3) is 0 Å². The Morgan fingerprint density at radius 2 is 2.06 bits per heavy atom. The summed E-state index contributed by atoms with van der Waals surface area (Å²) in [4.78, 5) is 13.0. The summed E-state index contributed by atoms with van der Waals surface area (Å²) in [6, 6.07) is 9.56. The smallest absolute Gasteiger partial charge is 0.182 e. The molecule has 1 aromatic carbocycles. The lowest BCUT2D eigenvalue weighted by Gasteiger charge is -1.96. The summed E-state index contributed by atoms with van der Waals surface area (Å²) in [6.07, 6.45) is 1.69. The molecule has 0 radical (unpaired) electrons. The minimum atomic E-state index is -0.0841. The Morgan fingerprint density at radius 1 is 1.35 bits per heavy atom. The maximum Gasteiger partial charge on any atom is 0.182 e. The fourth-order valence-corrected chi connectivity index (χ4v) is 1.57. The zero-order valence-corrected chi connectivity index (χ0v) is 9.63. The van der Waals surface area contributed by atoms with Crippen LogP contribution in [0.15, 0.2) is 43.0 Å². The molecular formula is C13H13N3O. The van der Waals surface area contributed by atoms with Crippen molar-refractivity contribution >= 4 is 5.78 Å². The molecule has 0 amide bonds. The van der Waals surface area contributed by atoms with Crippen molar-refractivity contribution in [1.82, 2.24) is 15.0 Å². The van der Waals surface area contributed by atoms with E-state index in [-0.39, 0.29) is 5.78 Å². The van der Waals surface area contributed by atoms with E-state index >= 15 is 0 Å². The van der Waals surface area contributed by atoms with Gasteiger partial charge in [0.1, 0.15) is 5.69 Å². The maximum absolute atomic E-state index is 11.5. The van der Waals surface area contributed by atoms with Crippen LogP contribution in [0, 0.1) is 0 Å². The molecule has 0 aliphatic carbocycles. The number of allylic oxidation sites excluding steroid dienone is 1. The van der Waals surface area contributed by atoms with Gasteiger partial charge >= 0.3 is 0 Å². The predicted octanol–water partition coefficient (Wildman–Crippen LogP) is 2.33. The predicted molar refractivity (Wildman–Crippen MR) is 65.7 cm³/mol. The minimum absolute atomic E-state index is 0.0841. The second kappa shape index (κ2) is 4.74. The second-order valence-electron chi connectivity index (χ2n) is 3.66.